The molecular weight excluding hydrogens is 278 g/mol. The topological polar surface area (TPSA) is 30.9 Å². The minimum absolute atomic E-state index is 0.194. The molecule has 0 aliphatic carbocycles. The molecule has 4 nitrogen and oxygen atoms in total. The average molecular weight is 305 g/mol. The Morgan fingerprint density at radius 1 is 1.23 bits per heavy atom. The number of rotatable bonds is 4. The summed E-state index contributed by atoms with van der Waals surface area (Å²) in [6.45, 7) is 3.30. The highest BCUT2D eigenvalue weighted by Gasteiger charge is 2.45. The molecule has 2 bridgehead atoms. The normalized spacial score (nSPS) is 30.1. The molecule has 0 radical (unpaired) electrons. The van der Waals surface area contributed by atoms with Crippen molar-refractivity contribution in [3.05, 3.63) is 23.3 Å². The highest BCUT2D eigenvalue weighted by molar-refractivity contribution is 5.50. The van der Waals surface area contributed by atoms with Crippen molar-refractivity contribution in [2.45, 2.75) is 37.9 Å². The molecule has 1 aromatic carbocycles. The first-order chi connectivity index (χ1) is 10.5. The minimum atomic E-state index is -0.194. The molecule has 3 atom stereocenters. The van der Waals surface area contributed by atoms with Gasteiger partial charge in [-0.3, -0.25) is 0 Å². The Bertz CT molecular complexity index is 558. The van der Waals surface area contributed by atoms with Crippen molar-refractivity contribution in [2.24, 2.45) is 5.92 Å². The molecule has 0 spiro atoms. The Labute approximate surface area is 133 Å². The van der Waals surface area contributed by atoms with Gasteiger partial charge in [0, 0.05) is 6.54 Å². The summed E-state index contributed by atoms with van der Waals surface area (Å²) in [4.78, 5) is 2.26. The van der Waals surface area contributed by atoms with E-state index in [1.165, 1.54) is 17.5 Å². The van der Waals surface area contributed by atoms with Gasteiger partial charge in [0.05, 0.1) is 25.9 Å². The molecule has 0 N–H and O–H groups in total. The zero-order valence-corrected chi connectivity index (χ0v) is 14.3. The molecule has 3 rings (SSSR count). The number of hydrogen-bond donors (Lipinski definition) is 0. The standard InChI is InChI=1S/C18H27NO3/c1-18-7-6-12(11-19(2)3)15(22-18)8-13-9-16(20-4)17(21-5)10-14(13)18/h9-10,12,15H,6-8,11H2,1-5H3/t12-,15+,18+/m1/s1. The molecule has 2 aliphatic heterocycles. The largest absolute Gasteiger partial charge is 0.493 e. The third kappa shape index (κ3) is 2.59. The minimum Gasteiger partial charge on any atom is -0.493 e. The number of fused-ring (bicyclic) bond motifs is 4. The van der Waals surface area contributed by atoms with E-state index in [2.05, 4.69) is 38.1 Å². The van der Waals surface area contributed by atoms with Gasteiger partial charge in [-0.1, -0.05) is 0 Å². The van der Waals surface area contributed by atoms with E-state index >= 15 is 0 Å². The molecule has 22 heavy (non-hydrogen) atoms. The first-order valence-corrected chi connectivity index (χ1v) is 8.05. The summed E-state index contributed by atoms with van der Waals surface area (Å²) in [7, 11) is 7.66. The van der Waals surface area contributed by atoms with E-state index in [0.29, 0.717) is 12.0 Å². The first-order valence-electron chi connectivity index (χ1n) is 8.05. The maximum absolute atomic E-state index is 6.50. The Morgan fingerprint density at radius 2 is 1.91 bits per heavy atom. The van der Waals surface area contributed by atoms with E-state index in [-0.39, 0.29) is 5.60 Å². The molecule has 0 aromatic heterocycles. The van der Waals surface area contributed by atoms with Gasteiger partial charge in [-0.2, -0.15) is 0 Å². The Balaban J connectivity index is 1.97. The predicted molar refractivity (Wildman–Crippen MR) is 86.8 cm³/mol. The van der Waals surface area contributed by atoms with Crippen LogP contribution in [0.1, 0.15) is 30.9 Å². The quantitative estimate of drug-likeness (QED) is 0.856. The summed E-state index contributed by atoms with van der Waals surface area (Å²) in [5, 5.41) is 0. The van der Waals surface area contributed by atoms with Crippen molar-refractivity contribution in [2.75, 3.05) is 34.9 Å². The summed E-state index contributed by atoms with van der Waals surface area (Å²) in [5.41, 5.74) is 2.42. The molecule has 1 saturated heterocycles. The lowest BCUT2D eigenvalue weighted by Gasteiger charge is -2.48. The second kappa shape index (κ2) is 5.74. The van der Waals surface area contributed by atoms with Crippen LogP contribution in [0.25, 0.3) is 0 Å². The molecule has 2 heterocycles. The lowest BCUT2D eigenvalue weighted by molar-refractivity contribution is -0.161. The van der Waals surface area contributed by atoms with Gasteiger partial charge in [0.1, 0.15) is 0 Å². The highest BCUT2D eigenvalue weighted by Crippen LogP contribution is 2.48. The fraction of sp³-hybridized carbons (Fsp3) is 0.667. The number of nitrogens with zero attached hydrogens (tertiary/aromatic N) is 1. The second-order valence-electron chi connectivity index (χ2n) is 7.02. The molecule has 0 saturated carbocycles. The van der Waals surface area contributed by atoms with Gasteiger partial charge in [0.15, 0.2) is 11.5 Å². The smallest absolute Gasteiger partial charge is 0.161 e. The first kappa shape index (κ1) is 15.6. The van der Waals surface area contributed by atoms with E-state index < -0.39 is 0 Å². The third-order valence-electron chi connectivity index (χ3n) is 5.13. The van der Waals surface area contributed by atoms with Crippen molar-refractivity contribution in [3.63, 3.8) is 0 Å². The van der Waals surface area contributed by atoms with Crippen LogP contribution in [0.5, 0.6) is 11.5 Å². The number of methoxy groups -OCH3 is 2. The molecule has 4 heteroatoms. The zero-order valence-electron chi connectivity index (χ0n) is 14.3. The van der Waals surface area contributed by atoms with Crippen LogP contribution in [0.3, 0.4) is 0 Å². The van der Waals surface area contributed by atoms with Gasteiger partial charge in [-0.15, -0.1) is 0 Å². The van der Waals surface area contributed by atoms with E-state index in [1.54, 1.807) is 14.2 Å². The van der Waals surface area contributed by atoms with Gasteiger partial charge in [0.25, 0.3) is 0 Å². The van der Waals surface area contributed by atoms with Crippen molar-refractivity contribution in [3.8, 4) is 11.5 Å². The maximum Gasteiger partial charge on any atom is 0.161 e. The van der Waals surface area contributed by atoms with E-state index in [1.807, 2.05) is 0 Å². The van der Waals surface area contributed by atoms with E-state index in [9.17, 15) is 0 Å². The molecule has 1 fully saturated rings. The summed E-state index contributed by atoms with van der Waals surface area (Å²) < 4.78 is 17.4. The van der Waals surface area contributed by atoms with Crippen LogP contribution >= 0.6 is 0 Å². The summed E-state index contributed by atoms with van der Waals surface area (Å²) >= 11 is 0. The Morgan fingerprint density at radius 3 is 2.55 bits per heavy atom. The summed E-state index contributed by atoms with van der Waals surface area (Å²) in [6.07, 6.45) is 3.54. The molecule has 2 aliphatic rings. The number of benzene rings is 1. The fourth-order valence-corrected chi connectivity index (χ4v) is 4.02. The van der Waals surface area contributed by atoms with Gasteiger partial charge in [-0.25, -0.2) is 0 Å². The second-order valence-corrected chi connectivity index (χ2v) is 7.02. The van der Waals surface area contributed by atoms with Gasteiger partial charge >= 0.3 is 0 Å². The maximum atomic E-state index is 6.50. The van der Waals surface area contributed by atoms with Crippen LogP contribution in [0.2, 0.25) is 0 Å². The highest BCUT2D eigenvalue weighted by atomic mass is 16.5. The molecule has 0 unspecified atom stereocenters. The average Bonchev–Trinajstić information content (AvgIpc) is 2.49. The van der Waals surface area contributed by atoms with Gasteiger partial charge in [0.2, 0.25) is 0 Å². The van der Waals surface area contributed by atoms with Crippen molar-refractivity contribution < 1.29 is 14.2 Å². The van der Waals surface area contributed by atoms with Crippen molar-refractivity contribution in [1.82, 2.24) is 4.90 Å². The summed E-state index contributed by atoms with van der Waals surface area (Å²) in [6, 6.07) is 4.25. The van der Waals surface area contributed by atoms with Crippen molar-refractivity contribution >= 4 is 0 Å². The number of hydrogen-bond acceptors (Lipinski definition) is 4. The van der Waals surface area contributed by atoms with Crippen LogP contribution in [0, 0.1) is 5.92 Å². The molecular formula is C18H27NO3. The lowest BCUT2D eigenvalue weighted by Crippen LogP contribution is -2.48. The third-order valence-corrected chi connectivity index (χ3v) is 5.13. The van der Waals surface area contributed by atoms with E-state index in [0.717, 1.165) is 30.9 Å². The van der Waals surface area contributed by atoms with Crippen LogP contribution in [-0.4, -0.2) is 45.9 Å². The van der Waals surface area contributed by atoms with Gasteiger partial charge < -0.3 is 19.1 Å². The van der Waals surface area contributed by atoms with Crippen LogP contribution in [0.4, 0.5) is 0 Å². The van der Waals surface area contributed by atoms with E-state index in [4.69, 9.17) is 14.2 Å². The van der Waals surface area contributed by atoms with Crippen LogP contribution in [-0.2, 0) is 16.8 Å². The SMILES string of the molecule is COc1cc2c(cc1OC)[C@]1(C)CC[C@H](CN(C)C)[C@H](C2)O1. The number of ether oxygens (including phenoxy) is 3. The summed E-state index contributed by atoms with van der Waals surface area (Å²) in [5.74, 6) is 2.21. The monoisotopic (exact) mass is 305 g/mol. The predicted octanol–water partition coefficient (Wildman–Crippen LogP) is 2.83. The molecule has 0 amide bonds. The van der Waals surface area contributed by atoms with Crippen LogP contribution in [0.15, 0.2) is 12.1 Å². The Hall–Kier alpha value is -1.26. The van der Waals surface area contributed by atoms with Crippen molar-refractivity contribution in [1.29, 1.82) is 0 Å². The Kier molecular flexibility index (Phi) is 4.08. The molecule has 1 aromatic rings. The zero-order chi connectivity index (χ0) is 15.9. The van der Waals surface area contributed by atoms with Crippen LogP contribution < -0.4 is 9.47 Å². The van der Waals surface area contributed by atoms with Gasteiger partial charge in [-0.05, 0) is 69.5 Å². The lowest BCUT2D eigenvalue weighted by atomic mass is 9.73. The fourth-order valence-electron chi connectivity index (χ4n) is 4.02. The molecule has 122 valence electrons.